The Hall–Kier alpha value is -1.54. The Morgan fingerprint density at radius 1 is 0.722 bits per heavy atom. The van der Waals surface area contributed by atoms with Gasteiger partial charge in [0.1, 0.15) is 0 Å². The molecule has 3 rings (SSSR count). The second-order valence-corrected chi connectivity index (χ2v) is 4.97. The summed E-state index contributed by atoms with van der Waals surface area (Å²) in [5, 5.41) is 0. The van der Waals surface area contributed by atoms with E-state index in [0.717, 1.165) is 11.1 Å². The van der Waals surface area contributed by atoms with Gasteiger partial charge < -0.3 is 0 Å². The molecule has 2 unspecified atom stereocenters. The van der Waals surface area contributed by atoms with Crippen molar-refractivity contribution >= 4 is 8.25 Å². The van der Waals surface area contributed by atoms with E-state index in [9.17, 15) is 4.57 Å². The lowest BCUT2D eigenvalue weighted by Gasteiger charge is -2.11. The van der Waals surface area contributed by atoms with Crippen LogP contribution in [-0.4, -0.2) is 0 Å². The highest BCUT2D eigenvalue weighted by atomic mass is 31.1. The molecule has 0 radical (unpaired) electrons. The van der Waals surface area contributed by atoms with Gasteiger partial charge in [-0.05, 0) is 11.1 Å². The smallest absolute Gasteiger partial charge is 0.107 e. The maximum atomic E-state index is 11.5. The summed E-state index contributed by atoms with van der Waals surface area (Å²) in [5.74, 6) is 0. The number of rotatable bonds is 2. The topological polar surface area (TPSA) is 35.5 Å². The Balaban J connectivity index is 1.96. The van der Waals surface area contributed by atoms with Crippen LogP contribution >= 0.6 is 8.25 Å². The normalized spacial score (nSPS) is 25.2. The van der Waals surface area contributed by atoms with Gasteiger partial charge in [-0.15, -0.1) is 9.05 Å². The van der Waals surface area contributed by atoms with Crippen molar-refractivity contribution in [2.45, 2.75) is 12.2 Å². The summed E-state index contributed by atoms with van der Waals surface area (Å²) in [7, 11) is -2.04. The van der Waals surface area contributed by atoms with Crippen molar-refractivity contribution in [2.24, 2.45) is 0 Å². The predicted molar refractivity (Wildman–Crippen MR) is 68.1 cm³/mol. The van der Waals surface area contributed by atoms with Crippen LogP contribution in [0.4, 0.5) is 0 Å². The molecule has 2 aromatic rings. The fourth-order valence-corrected chi connectivity index (χ4v) is 2.96. The minimum Gasteiger partial charge on any atom is -0.107 e. The van der Waals surface area contributed by atoms with Gasteiger partial charge in [0.2, 0.25) is 0 Å². The largest absolute Gasteiger partial charge is 0.698 e. The lowest BCUT2D eigenvalue weighted by molar-refractivity contribution is 0.159. The first-order valence-corrected chi connectivity index (χ1v) is 6.85. The Morgan fingerprint density at radius 2 is 1.11 bits per heavy atom. The summed E-state index contributed by atoms with van der Waals surface area (Å²) >= 11 is 0. The standard InChI is InChI=1S/C14H12O3P/c15-18-16-13(11-7-3-1-4-8-11)14(17-18)12-9-5-2-6-10-12/h1-10,13-14H/q+1. The molecule has 18 heavy (non-hydrogen) atoms. The molecule has 0 aromatic heterocycles. The van der Waals surface area contributed by atoms with E-state index >= 15 is 0 Å². The van der Waals surface area contributed by atoms with Crippen LogP contribution in [0.5, 0.6) is 0 Å². The van der Waals surface area contributed by atoms with Crippen LogP contribution in [0.3, 0.4) is 0 Å². The molecule has 0 spiro atoms. The second-order valence-electron chi connectivity index (χ2n) is 4.10. The van der Waals surface area contributed by atoms with Gasteiger partial charge in [0.25, 0.3) is 0 Å². The fourth-order valence-electron chi connectivity index (χ4n) is 2.08. The van der Waals surface area contributed by atoms with Crippen LogP contribution in [0.1, 0.15) is 23.3 Å². The molecule has 0 aliphatic carbocycles. The van der Waals surface area contributed by atoms with Crippen LogP contribution < -0.4 is 0 Å². The Labute approximate surface area is 106 Å². The van der Waals surface area contributed by atoms with E-state index < -0.39 is 8.25 Å². The van der Waals surface area contributed by atoms with Gasteiger partial charge in [0.05, 0.1) is 0 Å². The third-order valence-electron chi connectivity index (χ3n) is 2.93. The van der Waals surface area contributed by atoms with Gasteiger partial charge in [0, 0.05) is 4.57 Å². The maximum Gasteiger partial charge on any atom is 0.698 e. The summed E-state index contributed by atoms with van der Waals surface area (Å²) in [6.07, 6.45) is -0.616. The van der Waals surface area contributed by atoms with E-state index in [1.165, 1.54) is 0 Å². The van der Waals surface area contributed by atoms with E-state index in [0.29, 0.717) is 0 Å². The number of hydrogen-bond acceptors (Lipinski definition) is 3. The second kappa shape index (κ2) is 4.99. The van der Waals surface area contributed by atoms with Crippen molar-refractivity contribution in [2.75, 3.05) is 0 Å². The molecule has 3 nitrogen and oxygen atoms in total. The highest BCUT2D eigenvalue weighted by molar-refractivity contribution is 7.33. The lowest BCUT2D eigenvalue weighted by atomic mass is 9.99. The fraction of sp³-hybridized carbons (Fsp3) is 0.143. The summed E-state index contributed by atoms with van der Waals surface area (Å²) in [6, 6.07) is 19.5. The van der Waals surface area contributed by atoms with Gasteiger partial charge in [-0.1, -0.05) is 60.7 Å². The molecular formula is C14H12O3P+. The highest BCUT2D eigenvalue weighted by Gasteiger charge is 2.48. The quantitative estimate of drug-likeness (QED) is 0.759. The van der Waals surface area contributed by atoms with Crippen LogP contribution in [0.2, 0.25) is 0 Å². The minimum absolute atomic E-state index is 0.308. The SMILES string of the molecule is O=[P+]1OC(c2ccccc2)C(c2ccccc2)O1. The molecule has 1 aliphatic heterocycles. The van der Waals surface area contributed by atoms with E-state index in [2.05, 4.69) is 0 Å². The van der Waals surface area contributed by atoms with Gasteiger partial charge >= 0.3 is 8.25 Å². The van der Waals surface area contributed by atoms with Crippen molar-refractivity contribution in [1.29, 1.82) is 0 Å². The summed E-state index contributed by atoms with van der Waals surface area (Å²) in [5.41, 5.74) is 1.96. The number of benzene rings is 2. The third-order valence-corrected chi connectivity index (χ3v) is 3.73. The molecule has 0 amide bonds. The van der Waals surface area contributed by atoms with Gasteiger partial charge in [-0.25, -0.2) is 0 Å². The van der Waals surface area contributed by atoms with Crippen molar-refractivity contribution in [3.8, 4) is 0 Å². The Bertz CT molecular complexity index is 492. The molecule has 1 fully saturated rings. The molecule has 1 aliphatic rings. The van der Waals surface area contributed by atoms with Gasteiger partial charge in [0.15, 0.2) is 12.2 Å². The van der Waals surface area contributed by atoms with Crippen LogP contribution in [0.25, 0.3) is 0 Å². The minimum atomic E-state index is -2.04. The predicted octanol–water partition coefficient (Wildman–Crippen LogP) is 4.17. The van der Waals surface area contributed by atoms with Crippen molar-refractivity contribution in [3.63, 3.8) is 0 Å². The van der Waals surface area contributed by atoms with Gasteiger partial charge in [-0.3, -0.25) is 0 Å². The molecule has 0 bridgehead atoms. The zero-order valence-electron chi connectivity index (χ0n) is 9.60. The third kappa shape index (κ3) is 2.21. The highest BCUT2D eigenvalue weighted by Crippen LogP contribution is 2.53. The molecule has 4 heteroatoms. The summed E-state index contributed by atoms with van der Waals surface area (Å²) in [6.45, 7) is 0. The monoisotopic (exact) mass is 259 g/mol. The molecule has 1 saturated heterocycles. The molecule has 2 atom stereocenters. The Morgan fingerprint density at radius 3 is 1.50 bits per heavy atom. The maximum absolute atomic E-state index is 11.5. The summed E-state index contributed by atoms with van der Waals surface area (Å²) in [4.78, 5) is 0. The van der Waals surface area contributed by atoms with Crippen molar-refractivity contribution < 1.29 is 13.6 Å². The van der Waals surface area contributed by atoms with Crippen molar-refractivity contribution in [3.05, 3.63) is 71.8 Å². The first-order chi connectivity index (χ1) is 8.84. The first kappa shape index (κ1) is 11.5. The molecule has 2 aromatic carbocycles. The molecule has 1 heterocycles. The van der Waals surface area contributed by atoms with E-state index in [4.69, 9.17) is 9.05 Å². The van der Waals surface area contributed by atoms with E-state index in [-0.39, 0.29) is 12.2 Å². The van der Waals surface area contributed by atoms with Crippen LogP contribution in [0.15, 0.2) is 60.7 Å². The number of hydrogen-bond donors (Lipinski definition) is 0. The van der Waals surface area contributed by atoms with Crippen LogP contribution in [0, 0.1) is 0 Å². The average Bonchev–Trinajstić information content (AvgIpc) is 2.83. The lowest BCUT2D eigenvalue weighted by Crippen LogP contribution is -2.06. The zero-order valence-corrected chi connectivity index (χ0v) is 10.5. The average molecular weight is 259 g/mol. The van der Waals surface area contributed by atoms with E-state index in [1.807, 2.05) is 60.7 Å². The zero-order chi connectivity index (χ0) is 12.4. The first-order valence-electron chi connectivity index (χ1n) is 5.75. The van der Waals surface area contributed by atoms with Crippen LogP contribution in [-0.2, 0) is 13.6 Å². The Kier molecular flexibility index (Phi) is 3.20. The molecule has 90 valence electrons. The molecule has 0 saturated carbocycles. The molecular weight excluding hydrogens is 247 g/mol. The molecule has 0 N–H and O–H groups in total. The van der Waals surface area contributed by atoms with E-state index in [1.54, 1.807) is 0 Å². The van der Waals surface area contributed by atoms with Gasteiger partial charge in [-0.2, -0.15) is 0 Å². The summed E-state index contributed by atoms with van der Waals surface area (Å²) < 4.78 is 22.3. The van der Waals surface area contributed by atoms with Crippen molar-refractivity contribution in [1.82, 2.24) is 0 Å².